The minimum Gasteiger partial charge on any atom is -0.493 e. The molecule has 0 amide bonds. The van der Waals surface area contributed by atoms with Gasteiger partial charge in [-0.3, -0.25) is 0 Å². The zero-order valence-corrected chi connectivity index (χ0v) is 11.3. The van der Waals surface area contributed by atoms with Crippen molar-refractivity contribution in [2.45, 2.75) is 0 Å². The van der Waals surface area contributed by atoms with Crippen molar-refractivity contribution in [3.63, 3.8) is 0 Å². The molecule has 0 radical (unpaired) electrons. The highest BCUT2D eigenvalue weighted by atomic mass is 35.8. The van der Waals surface area contributed by atoms with E-state index in [4.69, 9.17) is 39.6 Å². The van der Waals surface area contributed by atoms with Crippen molar-refractivity contribution >= 4 is 41.5 Å². The average molecular weight is 272 g/mol. The summed E-state index contributed by atoms with van der Waals surface area (Å²) in [5.41, 5.74) is 0. The van der Waals surface area contributed by atoms with Crippen molar-refractivity contribution < 1.29 is 9.47 Å². The van der Waals surface area contributed by atoms with Gasteiger partial charge in [0.05, 0.1) is 14.2 Å². The predicted molar refractivity (Wildman–Crippen MR) is 62.9 cm³/mol. The van der Waals surface area contributed by atoms with Crippen LogP contribution in [0.15, 0.2) is 24.3 Å². The van der Waals surface area contributed by atoms with Gasteiger partial charge in [0.2, 0.25) is 0 Å². The maximum absolute atomic E-state index is 5.01. The maximum atomic E-state index is 5.01. The first kappa shape index (κ1) is 14.2. The first-order valence-electron chi connectivity index (χ1n) is 3.71. The van der Waals surface area contributed by atoms with Crippen LogP contribution in [-0.2, 0) is 0 Å². The first-order valence-corrected chi connectivity index (χ1v) is 8.94. The van der Waals surface area contributed by atoms with Crippen LogP contribution >= 0.6 is 30.1 Å². The quantitative estimate of drug-likeness (QED) is 0.768. The van der Waals surface area contributed by atoms with E-state index in [9.17, 15) is 0 Å². The highest BCUT2D eigenvalue weighted by Crippen LogP contribution is 2.24. The van der Waals surface area contributed by atoms with E-state index in [2.05, 4.69) is 0 Å². The van der Waals surface area contributed by atoms with Crippen LogP contribution in [0.2, 0.25) is 0 Å². The number of para-hydroxylation sites is 2. The normalized spacial score (nSPS) is 8.36. The van der Waals surface area contributed by atoms with Crippen LogP contribution in [0.5, 0.6) is 11.5 Å². The summed E-state index contributed by atoms with van der Waals surface area (Å²) in [6.07, 6.45) is 0. The van der Waals surface area contributed by atoms with E-state index in [-0.39, 0.29) is 0 Å². The van der Waals surface area contributed by atoms with Gasteiger partial charge in [0.1, 0.15) is 0 Å². The van der Waals surface area contributed by atoms with E-state index in [1.807, 2.05) is 24.3 Å². The summed E-state index contributed by atoms with van der Waals surface area (Å²) in [6, 6.07) is 7.53. The van der Waals surface area contributed by atoms with Gasteiger partial charge in [-0.1, -0.05) is 12.1 Å². The van der Waals surface area contributed by atoms with Crippen LogP contribution in [0.1, 0.15) is 0 Å². The molecular formula is C8H10AlCl3O2. The van der Waals surface area contributed by atoms with Gasteiger partial charge in [-0.2, -0.15) is 0 Å². The van der Waals surface area contributed by atoms with E-state index < -0.39 is 11.4 Å². The van der Waals surface area contributed by atoms with Crippen LogP contribution in [0.4, 0.5) is 0 Å². The van der Waals surface area contributed by atoms with Crippen molar-refractivity contribution in [2.24, 2.45) is 0 Å². The Hall–Kier alpha value is 0.222. The van der Waals surface area contributed by atoms with E-state index in [1.54, 1.807) is 14.2 Å². The van der Waals surface area contributed by atoms with Gasteiger partial charge in [-0.25, -0.2) is 30.1 Å². The molecule has 0 bridgehead atoms. The topological polar surface area (TPSA) is 18.5 Å². The SMILES string of the molecule is COc1ccccc1OC.[Cl][Al]([Cl])[Cl]. The zero-order valence-electron chi connectivity index (χ0n) is 7.84. The second kappa shape index (κ2) is 8.52. The molecule has 6 heteroatoms. The Morgan fingerprint density at radius 3 is 1.43 bits per heavy atom. The summed E-state index contributed by atoms with van der Waals surface area (Å²) in [4.78, 5) is 0. The number of ether oxygens (including phenoxy) is 2. The third-order valence-electron chi connectivity index (χ3n) is 1.29. The van der Waals surface area contributed by atoms with E-state index >= 15 is 0 Å². The molecule has 1 aromatic carbocycles. The molecule has 0 N–H and O–H groups in total. The molecule has 0 unspecified atom stereocenters. The fourth-order valence-electron chi connectivity index (χ4n) is 0.787. The zero-order chi connectivity index (χ0) is 11.0. The molecule has 1 rings (SSSR count). The van der Waals surface area contributed by atoms with E-state index in [0.717, 1.165) is 11.5 Å². The minimum absolute atomic E-state index is 0.769. The smallest absolute Gasteiger partial charge is 0.493 e. The highest BCUT2D eigenvalue weighted by molar-refractivity contribution is 7.54. The van der Waals surface area contributed by atoms with Crippen LogP contribution in [0.3, 0.4) is 0 Å². The second-order valence-corrected chi connectivity index (χ2v) is 8.54. The Morgan fingerprint density at radius 2 is 1.21 bits per heavy atom. The van der Waals surface area contributed by atoms with E-state index in [1.165, 1.54) is 0 Å². The Kier molecular flexibility index (Phi) is 8.66. The lowest BCUT2D eigenvalue weighted by Gasteiger charge is -2.04. The largest absolute Gasteiger partial charge is 0.643 e. The van der Waals surface area contributed by atoms with Crippen molar-refractivity contribution in [2.75, 3.05) is 14.2 Å². The Bertz CT molecular complexity index is 232. The van der Waals surface area contributed by atoms with Gasteiger partial charge in [-0.15, -0.1) is 0 Å². The number of methoxy groups -OCH3 is 2. The number of hydrogen-bond acceptors (Lipinski definition) is 2. The van der Waals surface area contributed by atoms with E-state index in [0.29, 0.717) is 0 Å². The molecule has 1 aromatic rings. The number of hydrogen-bond donors (Lipinski definition) is 0. The first-order chi connectivity index (χ1) is 6.61. The molecule has 0 aliphatic rings. The molecule has 2 nitrogen and oxygen atoms in total. The van der Waals surface area contributed by atoms with Crippen LogP contribution in [-0.4, -0.2) is 25.6 Å². The van der Waals surface area contributed by atoms with Crippen molar-refractivity contribution in [3.05, 3.63) is 24.3 Å². The fraction of sp³-hybridized carbons (Fsp3) is 0.250. The lowest BCUT2D eigenvalue weighted by Crippen LogP contribution is -1.88. The number of rotatable bonds is 2. The van der Waals surface area contributed by atoms with Crippen LogP contribution < -0.4 is 9.47 Å². The molecule has 0 spiro atoms. The van der Waals surface area contributed by atoms with Crippen molar-refractivity contribution in [1.29, 1.82) is 0 Å². The molecule has 14 heavy (non-hydrogen) atoms. The molecule has 0 aliphatic heterocycles. The standard InChI is InChI=1S/C8H10O2.Al.3ClH/c1-9-7-5-3-4-6-8(7)10-2;;;;/h3-6H,1-2H3;;3*1H/q;+3;;;/p-3. The second-order valence-electron chi connectivity index (χ2n) is 2.10. The lowest BCUT2D eigenvalue weighted by molar-refractivity contribution is 0.355. The van der Waals surface area contributed by atoms with Gasteiger partial charge >= 0.3 is 11.4 Å². The molecule has 0 aromatic heterocycles. The Labute approximate surface area is 101 Å². The third kappa shape index (κ3) is 6.64. The molecule has 0 aliphatic carbocycles. The predicted octanol–water partition coefficient (Wildman–Crippen LogP) is 3.39. The summed E-state index contributed by atoms with van der Waals surface area (Å²) in [5, 5.41) is 0. The highest BCUT2D eigenvalue weighted by Gasteiger charge is 2.00. The molecule has 0 fully saturated rings. The van der Waals surface area contributed by atoms with Gasteiger partial charge < -0.3 is 9.47 Å². The number of benzene rings is 1. The maximum Gasteiger partial charge on any atom is 0.643 e. The monoisotopic (exact) mass is 270 g/mol. The summed E-state index contributed by atoms with van der Waals surface area (Å²) in [7, 11) is 18.1. The summed E-state index contributed by atoms with van der Waals surface area (Å²) >= 11 is -1.72. The van der Waals surface area contributed by atoms with Gasteiger partial charge in [0.15, 0.2) is 11.5 Å². The molecule has 78 valence electrons. The van der Waals surface area contributed by atoms with Gasteiger partial charge in [0, 0.05) is 0 Å². The lowest BCUT2D eigenvalue weighted by atomic mass is 10.3. The molecule has 0 saturated carbocycles. The Morgan fingerprint density at radius 1 is 0.929 bits per heavy atom. The summed E-state index contributed by atoms with van der Waals surface area (Å²) < 4.78 is 10.0. The molecule has 0 saturated heterocycles. The summed E-state index contributed by atoms with van der Waals surface area (Å²) in [5.74, 6) is 1.54. The Balaban J connectivity index is 0.000000364. The van der Waals surface area contributed by atoms with Gasteiger partial charge in [-0.05, 0) is 12.1 Å². The molecule has 0 heterocycles. The fourth-order valence-corrected chi connectivity index (χ4v) is 0.787. The number of halogens is 3. The van der Waals surface area contributed by atoms with Gasteiger partial charge in [0.25, 0.3) is 0 Å². The van der Waals surface area contributed by atoms with Crippen molar-refractivity contribution in [1.82, 2.24) is 0 Å². The van der Waals surface area contributed by atoms with Crippen LogP contribution in [0, 0.1) is 0 Å². The average Bonchev–Trinajstić information content (AvgIpc) is 2.17. The molecular weight excluding hydrogens is 261 g/mol. The molecule has 0 atom stereocenters. The van der Waals surface area contributed by atoms with Crippen molar-refractivity contribution in [3.8, 4) is 11.5 Å². The minimum atomic E-state index is -1.72. The summed E-state index contributed by atoms with van der Waals surface area (Å²) in [6.45, 7) is 0. The third-order valence-corrected chi connectivity index (χ3v) is 1.29. The van der Waals surface area contributed by atoms with Crippen LogP contribution in [0.25, 0.3) is 0 Å².